The van der Waals surface area contributed by atoms with Crippen molar-refractivity contribution < 1.29 is 9.53 Å². The van der Waals surface area contributed by atoms with Gasteiger partial charge in [0.25, 0.3) is 0 Å². The average molecular weight is 246 g/mol. The Morgan fingerprint density at radius 3 is 2.28 bits per heavy atom. The average Bonchev–Trinajstić information content (AvgIpc) is 2.43. The molecule has 0 radical (unpaired) electrons. The molecule has 2 heteroatoms. The van der Waals surface area contributed by atoms with Gasteiger partial charge in [0.2, 0.25) is 0 Å². The zero-order chi connectivity index (χ0) is 13.7. The largest absolute Gasteiger partial charge is 0.496 e. The molecule has 1 aliphatic rings. The Labute approximate surface area is 109 Å². The SMILES string of the molecule is COc1cc(C(C)=O)cc2c1C(C)(C)CC2(C)C. The Kier molecular flexibility index (Phi) is 2.80. The van der Waals surface area contributed by atoms with Crippen molar-refractivity contribution in [3.8, 4) is 5.75 Å². The van der Waals surface area contributed by atoms with Crippen molar-refractivity contribution in [2.24, 2.45) is 0 Å². The van der Waals surface area contributed by atoms with Crippen LogP contribution in [0.3, 0.4) is 0 Å². The van der Waals surface area contributed by atoms with E-state index in [0.29, 0.717) is 0 Å². The van der Waals surface area contributed by atoms with E-state index in [2.05, 4.69) is 33.8 Å². The van der Waals surface area contributed by atoms with Gasteiger partial charge in [0, 0.05) is 11.1 Å². The Bertz CT molecular complexity index is 510. The lowest BCUT2D eigenvalue weighted by atomic mass is 9.82. The molecule has 0 aliphatic heterocycles. The molecule has 18 heavy (non-hydrogen) atoms. The van der Waals surface area contributed by atoms with Crippen LogP contribution in [-0.2, 0) is 10.8 Å². The highest BCUT2D eigenvalue weighted by Crippen LogP contribution is 2.53. The van der Waals surface area contributed by atoms with Crippen molar-refractivity contribution >= 4 is 5.78 Å². The molecule has 2 rings (SSSR count). The van der Waals surface area contributed by atoms with Crippen molar-refractivity contribution in [1.29, 1.82) is 0 Å². The van der Waals surface area contributed by atoms with E-state index in [9.17, 15) is 4.79 Å². The second-order valence-electron chi connectivity index (χ2n) is 6.60. The van der Waals surface area contributed by atoms with Gasteiger partial charge in [-0.25, -0.2) is 0 Å². The summed E-state index contributed by atoms with van der Waals surface area (Å²) in [7, 11) is 1.68. The van der Waals surface area contributed by atoms with Crippen molar-refractivity contribution in [3.05, 3.63) is 28.8 Å². The lowest BCUT2D eigenvalue weighted by molar-refractivity contribution is 0.101. The highest BCUT2D eigenvalue weighted by atomic mass is 16.5. The number of carbonyl (C=O) groups is 1. The summed E-state index contributed by atoms with van der Waals surface area (Å²) in [5.74, 6) is 0.949. The summed E-state index contributed by atoms with van der Waals surface area (Å²) in [5, 5.41) is 0. The van der Waals surface area contributed by atoms with Crippen LogP contribution < -0.4 is 4.74 Å². The second kappa shape index (κ2) is 3.84. The molecule has 1 aliphatic carbocycles. The molecule has 2 nitrogen and oxygen atoms in total. The second-order valence-corrected chi connectivity index (χ2v) is 6.60. The minimum Gasteiger partial charge on any atom is -0.496 e. The van der Waals surface area contributed by atoms with E-state index in [1.54, 1.807) is 14.0 Å². The summed E-state index contributed by atoms with van der Waals surface area (Å²) in [6.07, 6.45) is 1.08. The van der Waals surface area contributed by atoms with Gasteiger partial charge in [0.05, 0.1) is 7.11 Å². The van der Waals surface area contributed by atoms with Gasteiger partial charge in [-0.2, -0.15) is 0 Å². The number of hydrogen-bond donors (Lipinski definition) is 0. The van der Waals surface area contributed by atoms with Crippen LogP contribution in [0.4, 0.5) is 0 Å². The zero-order valence-corrected chi connectivity index (χ0v) is 12.2. The topological polar surface area (TPSA) is 26.3 Å². The molecule has 0 heterocycles. The van der Waals surface area contributed by atoms with Crippen molar-refractivity contribution in [3.63, 3.8) is 0 Å². The molecule has 0 atom stereocenters. The predicted octanol–water partition coefficient (Wildman–Crippen LogP) is 3.86. The lowest BCUT2D eigenvalue weighted by Gasteiger charge is -2.23. The predicted molar refractivity (Wildman–Crippen MR) is 73.7 cm³/mol. The third-order valence-corrected chi connectivity index (χ3v) is 4.02. The Hall–Kier alpha value is -1.31. The smallest absolute Gasteiger partial charge is 0.159 e. The van der Waals surface area contributed by atoms with E-state index in [4.69, 9.17) is 4.74 Å². The molecule has 0 saturated carbocycles. The lowest BCUT2D eigenvalue weighted by Crippen LogP contribution is -2.18. The first-order chi connectivity index (χ1) is 8.19. The van der Waals surface area contributed by atoms with Gasteiger partial charge >= 0.3 is 0 Å². The maximum atomic E-state index is 11.6. The number of fused-ring (bicyclic) bond motifs is 1. The Morgan fingerprint density at radius 2 is 1.78 bits per heavy atom. The number of Topliss-reactive ketones (excluding diaryl/α,β-unsaturated/α-hetero) is 1. The monoisotopic (exact) mass is 246 g/mol. The van der Waals surface area contributed by atoms with Crippen LogP contribution in [0.15, 0.2) is 12.1 Å². The van der Waals surface area contributed by atoms with Gasteiger partial charge in [-0.05, 0) is 41.9 Å². The summed E-state index contributed by atoms with van der Waals surface area (Å²) in [5.41, 5.74) is 3.46. The van der Waals surface area contributed by atoms with Gasteiger partial charge in [0.15, 0.2) is 5.78 Å². The summed E-state index contributed by atoms with van der Waals surface area (Å²) < 4.78 is 5.52. The molecule has 0 bridgehead atoms. The Morgan fingerprint density at radius 1 is 1.17 bits per heavy atom. The first kappa shape index (κ1) is 13.1. The first-order valence-corrected chi connectivity index (χ1v) is 6.43. The van der Waals surface area contributed by atoms with E-state index in [1.807, 2.05) is 6.07 Å². The summed E-state index contributed by atoms with van der Waals surface area (Å²) in [6, 6.07) is 3.93. The van der Waals surface area contributed by atoms with E-state index in [-0.39, 0.29) is 16.6 Å². The first-order valence-electron chi connectivity index (χ1n) is 6.43. The molecule has 0 spiro atoms. The molecule has 0 N–H and O–H groups in total. The van der Waals surface area contributed by atoms with Crippen molar-refractivity contribution in [2.45, 2.75) is 51.9 Å². The van der Waals surface area contributed by atoms with Crippen molar-refractivity contribution in [1.82, 2.24) is 0 Å². The maximum absolute atomic E-state index is 11.6. The maximum Gasteiger partial charge on any atom is 0.159 e. The van der Waals surface area contributed by atoms with Crippen molar-refractivity contribution in [2.75, 3.05) is 7.11 Å². The summed E-state index contributed by atoms with van der Waals surface area (Å²) in [6.45, 7) is 10.6. The molecule has 0 saturated heterocycles. The summed E-state index contributed by atoms with van der Waals surface area (Å²) in [4.78, 5) is 11.6. The van der Waals surface area contributed by atoms with Crippen LogP contribution in [0.1, 0.15) is 62.5 Å². The van der Waals surface area contributed by atoms with Crippen LogP contribution in [0.25, 0.3) is 0 Å². The molecule has 1 aromatic rings. The van der Waals surface area contributed by atoms with Crippen LogP contribution >= 0.6 is 0 Å². The molecule has 98 valence electrons. The molecular formula is C16H22O2. The van der Waals surface area contributed by atoms with Crippen LogP contribution in [0, 0.1) is 0 Å². The number of ketones is 1. The number of methoxy groups -OCH3 is 1. The minimum atomic E-state index is 0.0941. The normalized spacial score (nSPS) is 19.4. The molecule has 0 aromatic heterocycles. The van der Waals surface area contributed by atoms with Crippen LogP contribution in [0.2, 0.25) is 0 Å². The fourth-order valence-corrected chi connectivity index (χ4v) is 3.50. The van der Waals surface area contributed by atoms with Gasteiger partial charge in [-0.3, -0.25) is 4.79 Å². The van der Waals surface area contributed by atoms with E-state index in [0.717, 1.165) is 17.7 Å². The van der Waals surface area contributed by atoms with Gasteiger partial charge in [-0.1, -0.05) is 27.7 Å². The number of rotatable bonds is 2. The van der Waals surface area contributed by atoms with Gasteiger partial charge in [-0.15, -0.1) is 0 Å². The van der Waals surface area contributed by atoms with Crippen LogP contribution in [0.5, 0.6) is 5.75 Å². The zero-order valence-electron chi connectivity index (χ0n) is 12.2. The van der Waals surface area contributed by atoms with Crippen LogP contribution in [-0.4, -0.2) is 12.9 Å². The van der Waals surface area contributed by atoms with E-state index in [1.165, 1.54) is 11.1 Å². The number of benzene rings is 1. The fraction of sp³-hybridized carbons (Fsp3) is 0.562. The number of hydrogen-bond acceptors (Lipinski definition) is 2. The number of carbonyl (C=O) groups excluding carboxylic acids is 1. The van der Waals surface area contributed by atoms with Gasteiger partial charge < -0.3 is 4.74 Å². The summed E-state index contributed by atoms with van der Waals surface area (Å²) >= 11 is 0. The molecule has 0 unspecified atom stereocenters. The highest BCUT2D eigenvalue weighted by Gasteiger charge is 2.44. The fourth-order valence-electron chi connectivity index (χ4n) is 3.50. The molecule has 1 aromatic carbocycles. The minimum absolute atomic E-state index is 0.0941. The number of ether oxygens (including phenoxy) is 1. The third-order valence-electron chi connectivity index (χ3n) is 4.02. The van der Waals surface area contributed by atoms with E-state index >= 15 is 0 Å². The quantitative estimate of drug-likeness (QED) is 0.741. The Balaban J connectivity index is 2.76. The molecule has 0 amide bonds. The van der Waals surface area contributed by atoms with E-state index < -0.39 is 0 Å². The third kappa shape index (κ3) is 1.84. The standard InChI is InChI=1S/C16H22O2/c1-10(17)11-7-12-14(13(8-11)18-6)16(4,5)9-15(12,2)3/h7-8H,9H2,1-6H3. The van der Waals surface area contributed by atoms with Gasteiger partial charge in [0.1, 0.15) is 5.75 Å². The molecular weight excluding hydrogens is 224 g/mol. The molecule has 0 fully saturated rings. The highest BCUT2D eigenvalue weighted by molar-refractivity contribution is 5.95.